The monoisotopic (exact) mass is 597 g/mol. The van der Waals surface area contributed by atoms with E-state index in [1.165, 1.54) is 12.0 Å². The Morgan fingerprint density at radius 1 is 0.977 bits per heavy atom. The van der Waals surface area contributed by atoms with Gasteiger partial charge in [0.2, 0.25) is 5.78 Å². The maximum absolute atomic E-state index is 13.7. The van der Waals surface area contributed by atoms with Gasteiger partial charge in [-0.1, -0.05) is 39.0 Å². The first-order valence-corrected chi connectivity index (χ1v) is 14.6. The summed E-state index contributed by atoms with van der Waals surface area (Å²) in [6.07, 6.45) is 2.60. The smallest absolute Gasteiger partial charge is 0.343 e. The summed E-state index contributed by atoms with van der Waals surface area (Å²) in [4.78, 5) is 53.0. The average molecular weight is 598 g/mol. The lowest BCUT2D eigenvalue weighted by atomic mass is 9.84. The molecule has 43 heavy (non-hydrogen) atoms. The molecule has 1 saturated heterocycles. The van der Waals surface area contributed by atoms with Crippen LogP contribution >= 0.6 is 0 Å². The van der Waals surface area contributed by atoms with Crippen LogP contribution in [0.1, 0.15) is 70.1 Å². The standard InChI is InChI=1S/C33H43NO9/c1-7-33(2,3)30(36)31(37)34-18-9-8-13-25(34)32(38)43-26(16-14-22-15-17-27(39-4)28(19-22)40-5)23-11-10-12-24(20-23)42-21-29(35)41-6/h10-12,15,17,19-20,25-26H,7-9,13-14,16,18,21H2,1-6H3/t25-,26+/m0/s1. The molecule has 0 unspecified atom stereocenters. The Kier molecular flexibility index (Phi) is 12.0. The van der Waals surface area contributed by atoms with Crippen molar-refractivity contribution in [3.63, 3.8) is 0 Å². The first-order valence-electron chi connectivity index (χ1n) is 14.6. The number of carbonyl (C=O) groups is 4. The molecule has 1 fully saturated rings. The van der Waals surface area contributed by atoms with Crippen LogP contribution in [0.4, 0.5) is 0 Å². The quantitative estimate of drug-likeness (QED) is 0.222. The van der Waals surface area contributed by atoms with Gasteiger partial charge in [-0.3, -0.25) is 9.59 Å². The van der Waals surface area contributed by atoms with Crippen molar-refractivity contribution >= 4 is 23.6 Å². The number of hydrogen-bond donors (Lipinski definition) is 0. The van der Waals surface area contributed by atoms with Crippen molar-refractivity contribution in [1.82, 2.24) is 4.90 Å². The van der Waals surface area contributed by atoms with Crippen molar-refractivity contribution in [2.24, 2.45) is 5.41 Å². The normalized spacial score (nSPS) is 15.7. The molecule has 1 amide bonds. The van der Waals surface area contributed by atoms with Crippen molar-refractivity contribution in [2.45, 2.75) is 71.4 Å². The molecule has 0 N–H and O–H groups in total. The molecule has 10 heteroatoms. The highest BCUT2D eigenvalue weighted by molar-refractivity contribution is 6.38. The largest absolute Gasteiger partial charge is 0.493 e. The van der Waals surface area contributed by atoms with Gasteiger partial charge in [0.15, 0.2) is 18.1 Å². The van der Waals surface area contributed by atoms with Gasteiger partial charge in [0.05, 0.1) is 21.3 Å². The lowest BCUT2D eigenvalue weighted by Crippen LogP contribution is -2.53. The Balaban J connectivity index is 1.87. The van der Waals surface area contributed by atoms with E-state index in [0.717, 1.165) is 12.0 Å². The van der Waals surface area contributed by atoms with E-state index in [-0.39, 0.29) is 6.61 Å². The second-order valence-corrected chi connectivity index (χ2v) is 11.2. The molecular weight excluding hydrogens is 554 g/mol. The third-order valence-corrected chi connectivity index (χ3v) is 7.94. The van der Waals surface area contributed by atoms with Crippen molar-refractivity contribution in [3.05, 3.63) is 53.6 Å². The van der Waals surface area contributed by atoms with E-state index in [2.05, 4.69) is 4.74 Å². The number of esters is 2. The molecule has 0 aliphatic carbocycles. The van der Waals surface area contributed by atoms with Gasteiger partial charge in [-0.05, 0) is 73.9 Å². The summed E-state index contributed by atoms with van der Waals surface area (Å²) in [5, 5.41) is 0. The molecule has 1 aliphatic heterocycles. The second-order valence-electron chi connectivity index (χ2n) is 11.2. The van der Waals surface area contributed by atoms with Gasteiger partial charge in [-0.2, -0.15) is 0 Å². The van der Waals surface area contributed by atoms with Crippen LogP contribution in [0, 0.1) is 5.41 Å². The fraction of sp³-hybridized carbons (Fsp3) is 0.515. The number of ether oxygens (including phenoxy) is 5. The fourth-order valence-corrected chi connectivity index (χ4v) is 4.85. The molecular formula is C33H43NO9. The van der Waals surface area contributed by atoms with Gasteiger partial charge in [0.25, 0.3) is 5.91 Å². The van der Waals surface area contributed by atoms with Crippen molar-refractivity contribution < 1.29 is 42.9 Å². The van der Waals surface area contributed by atoms with Crippen LogP contribution in [0.15, 0.2) is 42.5 Å². The molecule has 3 rings (SSSR count). The fourth-order valence-electron chi connectivity index (χ4n) is 4.85. The summed E-state index contributed by atoms with van der Waals surface area (Å²) in [5.74, 6) is -0.631. The van der Waals surface area contributed by atoms with Crippen molar-refractivity contribution in [3.8, 4) is 17.2 Å². The predicted molar refractivity (Wildman–Crippen MR) is 159 cm³/mol. The molecule has 2 aromatic carbocycles. The van der Waals surface area contributed by atoms with Crippen LogP contribution in [0.25, 0.3) is 0 Å². The lowest BCUT2D eigenvalue weighted by molar-refractivity contribution is -0.164. The van der Waals surface area contributed by atoms with Gasteiger partial charge in [0, 0.05) is 12.0 Å². The van der Waals surface area contributed by atoms with Crippen molar-refractivity contribution in [2.75, 3.05) is 34.5 Å². The van der Waals surface area contributed by atoms with E-state index >= 15 is 0 Å². The van der Waals surface area contributed by atoms with Crippen LogP contribution in [0.2, 0.25) is 0 Å². The van der Waals surface area contributed by atoms with E-state index in [1.54, 1.807) is 46.3 Å². The number of benzene rings is 2. The van der Waals surface area contributed by atoms with Gasteiger partial charge in [0.1, 0.15) is 17.9 Å². The van der Waals surface area contributed by atoms with E-state index in [9.17, 15) is 19.2 Å². The Morgan fingerprint density at radius 3 is 2.40 bits per heavy atom. The number of hydrogen-bond acceptors (Lipinski definition) is 9. The molecule has 0 bridgehead atoms. The molecule has 2 aromatic rings. The Hall–Kier alpha value is -4.08. The maximum atomic E-state index is 13.7. The number of carbonyl (C=O) groups excluding carboxylic acids is 4. The SMILES string of the molecule is CCC(C)(C)C(=O)C(=O)N1CCCC[C@H]1C(=O)O[C@H](CCc1ccc(OC)c(OC)c1)c1cccc(OCC(=O)OC)c1. The van der Waals surface area contributed by atoms with E-state index in [0.29, 0.717) is 61.5 Å². The zero-order valence-electron chi connectivity index (χ0n) is 26.0. The van der Waals surface area contributed by atoms with Crippen LogP contribution in [0.5, 0.6) is 17.2 Å². The summed E-state index contributed by atoms with van der Waals surface area (Å²) in [6.45, 7) is 5.39. The summed E-state index contributed by atoms with van der Waals surface area (Å²) in [6, 6.07) is 11.7. The minimum Gasteiger partial charge on any atom is -0.493 e. The number of rotatable bonds is 14. The van der Waals surface area contributed by atoms with Gasteiger partial charge < -0.3 is 28.6 Å². The summed E-state index contributed by atoms with van der Waals surface area (Å²) in [7, 11) is 4.41. The highest BCUT2D eigenvalue weighted by Crippen LogP contribution is 2.32. The maximum Gasteiger partial charge on any atom is 0.343 e. The Labute approximate surface area is 253 Å². The van der Waals surface area contributed by atoms with Gasteiger partial charge in [-0.15, -0.1) is 0 Å². The van der Waals surface area contributed by atoms with Crippen molar-refractivity contribution in [1.29, 1.82) is 0 Å². The molecule has 1 heterocycles. The van der Waals surface area contributed by atoms with E-state index in [1.807, 2.05) is 31.2 Å². The molecule has 0 radical (unpaired) electrons. The van der Waals surface area contributed by atoms with Gasteiger partial charge >= 0.3 is 11.9 Å². The minimum atomic E-state index is -0.861. The van der Waals surface area contributed by atoms with E-state index < -0.39 is 41.2 Å². The summed E-state index contributed by atoms with van der Waals surface area (Å²) >= 11 is 0. The number of amides is 1. The third-order valence-electron chi connectivity index (χ3n) is 7.94. The Morgan fingerprint density at radius 2 is 1.72 bits per heavy atom. The molecule has 10 nitrogen and oxygen atoms in total. The average Bonchev–Trinajstić information content (AvgIpc) is 3.04. The molecule has 1 aliphatic rings. The first kappa shape index (κ1) is 33.4. The highest BCUT2D eigenvalue weighted by atomic mass is 16.6. The topological polar surface area (TPSA) is 118 Å². The molecule has 234 valence electrons. The zero-order valence-corrected chi connectivity index (χ0v) is 26.0. The molecule has 0 aromatic heterocycles. The van der Waals surface area contributed by atoms with Crippen LogP contribution in [-0.4, -0.2) is 69.1 Å². The third kappa shape index (κ3) is 8.72. The van der Waals surface area contributed by atoms with Crippen LogP contribution in [-0.2, 0) is 35.1 Å². The zero-order chi connectivity index (χ0) is 31.6. The minimum absolute atomic E-state index is 0.267. The molecule has 0 saturated carbocycles. The predicted octanol–water partition coefficient (Wildman–Crippen LogP) is 4.86. The van der Waals surface area contributed by atoms with Gasteiger partial charge in [-0.25, -0.2) is 9.59 Å². The lowest BCUT2D eigenvalue weighted by Gasteiger charge is -2.36. The first-order chi connectivity index (χ1) is 20.5. The number of methoxy groups -OCH3 is 3. The number of piperidine rings is 1. The number of aryl methyl sites for hydroxylation is 1. The molecule has 2 atom stereocenters. The van der Waals surface area contributed by atoms with E-state index in [4.69, 9.17) is 18.9 Å². The van der Waals surface area contributed by atoms with Crippen LogP contribution in [0.3, 0.4) is 0 Å². The summed E-state index contributed by atoms with van der Waals surface area (Å²) < 4.78 is 27.1. The number of nitrogens with zero attached hydrogens (tertiary/aromatic N) is 1. The Bertz CT molecular complexity index is 1290. The number of ketones is 1. The molecule has 0 spiro atoms. The highest BCUT2D eigenvalue weighted by Gasteiger charge is 2.41. The second kappa shape index (κ2) is 15.4. The van der Waals surface area contributed by atoms with Crippen LogP contribution < -0.4 is 14.2 Å². The number of Topliss-reactive ketones (excluding diaryl/α,β-unsaturated/α-hetero) is 1. The number of likely N-dealkylation sites (tertiary alicyclic amines) is 1. The summed E-state index contributed by atoms with van der Waals surface area (Å²) in [5.41, 5.74) is 0.780.